The van der Waals surface area contributed by atoms with Crippen LogP contribution in [-0.4, -0.2) is 51.6 Å². The molecule has 1 aromatic heterocycles. The summed E-state index contributed by atoms with van der Waals surface area (Å²) in [5.41, 5.74) is 0. The Hall–Kier alpha value is -0.910. The molecule has 0 aromatic carbocycles. The molecule has 1 aliphatic heterocycles. The average Bonchev–Trinajstić information content (AvgIpc) is 3.22. The van der Waals surface area contributed by atoms with Gasteiger partial charge in [-0.3, -0.25) is 9.69 Å². The first-order valence-electron chi connectivity index (χ1n) is 9.23. The van der Waals surface area contributed by atoms with Crippen LogP contribution in [0.5, 0.6) is 0 Å². The van der Waals surface area contributed by atoms with Crippen LogP contribution in [0.15, 0.2) is 17.5 Å². The second-order valence-electron chi connectivity index (χ2n) is 6.99. The standard InChI is InChI=1S/C19H32N2O2S/c1-5-14(3)20(15(4)6-2)13-18(22)17-9-10-19(23)21(17)12-16-8-7-11-24-16/h7-8,11,14-15,17-18,22H,5-6,9-10,12-13H2,1-4H3/t14?,15?,17-,18+/m0/s1. The van der Waals surface area contributed by atoms with Gasteiger partial charge in [0.2, 0.25) is 5.91 Å². The summed E-state index contributed by atoms with van der Waals surface area (Å²) in [6.45, 7) is 10.1. The third kappa shape index (κ3) is 4.58. The highest BCUT2D eigenvalue weighted by Crippen LogP contribution is 2.26. The van der Waals surface area contributed by atoms with Crippen LogP contribution in [0.25, 0.3) is 0 Å². The van der Waals surface area contributed by atoms with E-state index in [-0.39, 0.29) is 11.9 Å². The number of amides is 1. The number of nitrogens with zero attached hydrogens (tertiary/aromatic N) is 2. The smallest absolute Gasteiger partial charge is 0.223 e. The van der Waals surface area contributed by atoms with Gasteiger partial charge in [-0.1, -0.05) is 19.9 Å². The van der Waals surface area contributed by atoms with E-state index in [1.54, 1.807) is 11.3 Å². The lowest BCUT2D eigenvalue weighted by Gasteiger charge is -2.38. The molecule has 0 spiro atoms. The highest BCUT2D eigenvalue weighted by molar-refractivity contribution is 7.09. The van der Waals surface area contributed by atoms with Crippen LogP contribution in [-0.2, 0) is 11.3 Å². The number of aliphatic hydroxyl groups excluding tert-OH is 1. The van der Waals surface area contributed by atoms with Crippen molar-refractivity contribution in [3.05, 3.63) is 22.4 Å². The molecule has 0 bridgehead atoms. The number of carbonyl (C=O) groups excluding carboxylic acids is 1. The van der Waals surface area contributed by atoms with Gasteiger partial charge in [-0.15, -0.1) is 11.3 Å². The van der Waals surface area contributed by atoms with E-state index >= 15 is 0 Å². The maximum Gasteiger partial charge on any atom is 0.223 e. The number of likely N-dealkylation sites (tertiary alicyclic amines) is 1. The number of hydrogen-bond acceptors (Lipinski definition) is 4. The predicted molar refractivity (Wildman–Crippen MR) is 100 cm³/mol. The first-order valence-corrected chi connectivity index (χ1v) is 10.1. The monoisotopic (exact) mass is 352 g/mol. The quantitative estimate of drug-likeness (QED) is 0.740. The van der Waals surface area contributed by atoms with Gasteiger partial charge < -0.3 is 10.0 Å². The molecule has 0 aliphatic carbocycles. The van der Waals surface area contributed by atoms with Gasteiger partial charge in [0.05, 0.1) is 18.7 Å². The summed E-state index contributed by atoms with van der Waals surface area (Å²) in [6.07, 6.45) is 2.97. The maximum absolute atomic E-state index is 12.3. The number of carbonyl (C=O) groups is 1. The average molecular weight is 353 g/mol. The molecule has 136 valence electrons. The summed E-state index contributed by atoms with van der Waals surface area (Å²) in [5, 5.41) is 12.9. The Bertz CT molecular complexity index is 495. The van der Waals surface area contributed by atoms with Crippen molar-refractivity contribution in [2.24, 2.45) is 0 Å². The Labute approximate surface area is 150 Å². The summed E-state index contributed by atoms with van der Waals surface area (Å²) in [4.78, 5) is 17.8. The Morgan fingerprint density at radius 1 is 1.33 bits per heavy atom. The van der Waals surface area contributed by atoms with Crippen molar-refractivity contribution in [3.8, 4) is 0 Å². The van der Waals surface area contributed by atoms with E-state index in [2.05, 4.69) is 38.7 Å². The molecule has 1 saturated heterocycles. The molecular weight excluding hydrogens is 320 g/mol. The molecule has 1 aliphatic rings. The van der Waals surface area contributed by atoms with Crippen LogP contribution < -0.4 is 0 Å². The predicted octanol–water partition coefficient (Wildman–Crippen LogP) is 3.50. The van der Waals surface area contributed by atoms with Crippen molar-refractivity contribution in [1.29, 1.82) is 0 Å². The molecule has 5 heteroatoms. The third-order valence-electron chi connectivity index (χ3n) is 5.44. The second kappa shape index (κ2) is 8.97. The molecule has 0 radical (unpaired) electrons. The first kappa shape index (κ1) is 19.4. The summed E-state index contributed by atoms with van der Waals surface area (Å²) < 4.78 is 0. The Morgan fingerprint density at radius 2 is 2.00 bits per heavy atom. The summed E-state index contributed by atoms with van der Waals surface area (Å²) in [6, 6.07) is 4.90. The number of aliphatic hydroxyl groups is 1. The molecule has 2 unspecified atom stereocenters. The molecular formula is C19H32N2O2S. The molecule has 1 N–H and O–H groups in total. The van der Waals surface area contributed by atoms with Crippen molar-refractivity contribution < 1.29 is 9.90 Å². The minimum Gasteiger partial charge on any atom is -0.390 e. The number of hydrogen-bond donors (Lipinski definition) is 1. The Kier molecular flexibility index (Phi) is 7.26. The molecule has 1 fully saturated rings. The fourth-order valence-corrected chi connectivity index (χ4v) is 4.24. The molecule has 24 heavy (non-hydrogen) atoms. The van der Waals surface area contributed by atoms with Crippen LogP contribution >= 0.6 is 11.3 Å². The van der Waals surface area contributed by atoms with Crippen molar-refractivity contribution >= 4 is 17.2 Å². The molecule has 4 atom stereocenters. The molecule has 1 amide bonds. The minimum atomic E-state index is -0.487. The van der Waals surface area contributed by atoms with Gasteiger partial charge in [-0.25, -0.2) is 0 Å². The van der Waals surface area contributed by atoms with Crippen LogP contribution in [0.2, 0.25) is 0 Å². The zero-order chi connectivity index (χ0) is 17.7. The maximum atomic E-state index is 12.3. The Morgan fingerprint density at radius 3 is 2.54 bits per heavy atom. The van der Waals surface area contributed by atoms with Gasteiger partial charge in [0.1, 0.15) is 0 Å². The number of thiophene rings is 1. The topological polar surface area (TPSA) is 43.8 Å². The molecule has 0 saturated carbocycles. The first-order chi connectivity index (χ1) is 11.5. The lowest BCUT2D eigenvalue weighted by Crippen LogP contribution is -2.50. The van der Waals surface area contributed by atoms with Gasteiger partial charge in [-0.05, 0) is 44.6 Å². The van der Waals surface area contributed by atoms with E-state index in [1.165, 1.54) is 4.88 Å². The fraction of sp³-hybridized carbons (Fsp3) is 0.737. The van der Waals surface area contributed by atoms with Crippen molar-refractivity contribution in [3.63, 3.8) is 0 Å². The lowest BCUT2D eigenvalue weighted by atomic mass is 10.0. The summed E-state index contributed by atoms with van der Waals surface area (Å²) in [7, 11) is 0. The number of rotatable bonds is 9. The van der Waals surface area contributed by atoms with E-state index in [0.717, 1.165) is 19.3 Å². The van der Waals surface area contributed by atoms with Crippen molar-refractivity contribution in [2.75, 3.05) is 6.54 Å². The highest BCUT2D eigenvalue weighted by Gasteiger charge is 2.37. The van der Waals surface area contributed by atoms with Crippen molar-refractivity contribution in [1.82, 2.24) is 9.80 Å². The van der Waals surface area contributed by atoms with E-state index in [9.17, 15) is 9.90 Å². The van der Waals surface area contributed by atoms with Crippen LogP contribution in [0.1, 0.15) is 58.3 Å². The van der Waals surface area contributed by atoms with E-state index in [0.29, 0.717) is 31.6 Å². The van der Waals surface area contributed by atoms with Crippen LogP contribution in [0.4, 0.5) is 0 Å². The summed E-state index contributed by atoms with van der Waals surface area (Å²) in [5.74, 6) is 0.172. The normalized spacial score (nSPS) is 22.2. The van der Waals surface area contributed by atoms with Gasteiger partial charge in [0.25, 0.3) is 0 Å². The van der Waals surface area contributed by atoms with Crippen LogP contribution in [0, 0.1) is 0 Å². The van der Waals surface area contributed by atoms with Gasteiger partial charge in [0, 0.05) is 29.9 Å². The summed E-state index contributed by atoms with van der Waals surface area (Å²) >= 11 is 1.67. The fourth-order valence-electron chi connectivity index (χ4n) is 3.53. The molecule has 1 aromatic rings. The molecule has 2 rings (SSSR count). The molecule has 2 heterocycles. The SMILES string of the molecule is CCC(C)N(C[C@@H](O)[C@@H]1CCC(=O)N1Cc1cccs1)C(C)CC. The largest absolute Gasteiger partial charge is 0.390 e. The minimum absolute atomic E-state index is 0.0600. The van der Waals surface area contributed by atoms with Crippen molar-refractivity contribution in [2.45, 2.75) is 84.2 Å². The third-order valence-corrected chi connectivity index (χ3v) is 6.30. The highest BCUT2D eigenvalue weighted by atomic mass is 32.1. The van der Waals surface area contributed by atoms with Gasteiger partial charge in [0.15, 0.2) is 0 Å². The lowest BCUT2D eigenvalue weighted by molar-refractivity contribution is -0.131. The zero-order valence-corrected chi connectivity index (χ0v) is 16.3. The van der Waals surface area contributed by atoms with Gasteiger partial charge in [-0.2, -0.15) is 0 Å². The zero-order valence-electron chi connectivity index (χ0n) is 15.4. The van der Waals surface area contributed by atoms with E-state index < -0.39 is 6.10 Å². The molecule has 4 nitrogen and oxygen atoms in total. The Balaban J connectivity index is 2.05. The van der Waals surface area contributed by atoms with E-state index in [1.807, 2.05) is 16.3 Å². The van der Waals surface area contributed by atoms with E-state index in [4.69, 9.17) is 0 Å². The van der Waals surface area contributed by atoms with Crippen LogP contribution in [0.3, 0.4) is 0 Å². The van der Waals surface area contributed by atoms with Gasteiger partial charge >= 0.3 is 0 Å². The second-order valence-corrected chi connectivity index (χ2v) is 8.02.